The van der Waals surface area contributed by atoms with E-state index in [1.165, 1.54) is 11.3 Å². The van der Waals surface area contributed by atoms with E-state index in [1.54, 1.807) is 4.90 Å². The molecule has 0 aliphatic rings. The maximum absolute atomic E-state index is 13.3. The minimum atomic E-state index is -0.130. The zero-order valence-corrected chi connectivity index (χ0v) is 17.9. The van der Waals surface area contributed by atoms with Crippen molar-refractivity contribution in [2.75, 3.05) is 38.7 Å². The maximum Gasteiger partial charge on any atom is 0.280 e. The second-order valence-electron chi connectivity index (χ2n) is 6.78. The zero-order chi connectivity index (χ0) is 20.3. The molecule has 0 saturated carbocycles. The molecule has 0 bridgehead atoms. The summed E-state index contributed by atoms with van der Waals surface area (Å²) in [5.74, 6) is 0.614. The number of likely N-dealkylation sites (N-methyl/N-ethyl adjacent to an activating group) is 1. The Bertz CT molecular complexity index is 963. The number of benzene rings is 1. The van der Waals surface area contributed by atoms with E-state index in [4.69, 9.17) is 9.72 Å². The monoisotopic (exact) mass is 401 g/mol. The molecular formula is C20H27N5O2S. The molecule has 0 spiro atoms. The molecule has 0 fully saturated rings. The highest BCUT2D eigenvalue weighted by molar-refractivity contribution is 7.22. The minimum absolute atomic E-state index is 0.130. The van der Waals surface area contributed by atoms with Gasteiger partial charge in [-0.3, -0.25) is 14.4 Å². The lowest BCUT2D eigenvalue weighted by atomic mass is 10.3. The van der Waals surface area contributed by atoms with E-state index in [1.807, 2.05) is 63.8 Å². The number of nitrogens with zero attached hydrogens (tertiary/aromatic N) is 5. The molecule has 1 aromatic carbocycles. The molecule has 3 rings (SSSR count). The fourth-order valence-electron chi connectivity index (χ4n) is 2.96. The van der Waals surface area contributed by atoms with Gasteiger partial charge in [0.25, 0.3) is 5.91 Å². The number of para-hydroxylation sites is 1. The van der Waals surface area contributed by atoms with E-state index >= 15 is 0 Å². The largest absolute Gasteiger partial charge is 0.492 e. The number of hydrogen-bond donors (Lipinski definition) is 0. The highest BCUT2D eigenvalue weighted by atomic mass is 32.1. The first-order chi connectivity index (χ1) is 13.4. The van der Waals surface area contributed by atoms with Gasteiger partial charge in [-0.05, 0) is 53.1 Å². The number of anilines is 1. The Hall–Kier alpha value is -2.45. The van der Waals surface area contributed by atoms with Crippen LogP contribution in [0.2, 0.25) is 0 Å². The van der Waals surface area contributed by atoms with Crippen molar-refractivity contribution in [3.8, 4) is 5.75 Å². The van der Waals surface area contributed by atoms with Crippen LogP contribution in [0.15, 0.2) is 24.3 Å². The van der Waals surface area contributed by atoms with Gasteiger partial charge in [0.05, 0.1) is 11.3 Å². The van der Waals surface area contributed by atoms with Gasteiger partial charge < -0.3 is 9.64 Å². The van der Waals surface area contributed by atoms with Crippen LogP contribution >= 0.6 is 11.3 Å². The predicted molar refractivity (Wildman–Crippen MR) is 114 cm³/mol. The highest BCUT2D eigenvalue weighted by Gasteiger charge is 2.24. The second kappa shape index (κ2) is 8.70. The molecule has 0 aliphatic heterocycles. The molecule has 3 aromatic rings. The molecule has 7 nitrogen and oxygen atoms in total. The van der Waals surface area contributed by atoms with Crippen LogP contribution in [0, 0.1) is 6.92 Å². The average molecular weight is 402 g/mol. The smallest absolute Gasteiger partial charge is 0.280 e. The number of aryl methyl sites for hydroxylation is 2. The van der Waals surface area contributed by atoms with Crippen LogP contribution < -0.4 is 9.64 Å². The molecule has 28 heavy (non-hydrogen) atoms. The summed E-state index contributed by atoms with van der Waals surface area (Å²) in [5, 5.41) is 5.13. The van der Waals surface area contributed by atoms with Gasteiger partial charge in [0.1, 0.15) is 11.3 Å². The minimum Gasteiger partial charge on any atom is -0.492 e. The summed E-state index contributed by atoms with van der Waals surface area (Å²) in [7, 11) is 3.98. The van der Waals surface area contributed by atoms with Crippen molar-refractivity contribution in [1.82, 2.24) is 19.7 Å². The lowest BCUT2D eigenvalue weighted by molar-refractivity contribution is 0.0979. The molecule has 2 aromatic heterocycles. The van der Waals surface area contributed by atoms with Crippen LogP contribution in [0.5, 0.6) is 5.75 Å². The van der Waals surface area contributed by atoms with Gasteiger partial charge in [-0.15, -0.1) is 0 Å². The number of ether oxygens (including phenoxy) is 1. The Morgan fingerprint density at radius 2 is 2.04 bits per heavy atom. The van der Waals surface area contributed by atoms with Crippen LogP contribution in [-0.4, -0.2) is 59.4 Å². The second-order valence-corrected chi connectivity index (χ2v) is 7.79. The summed E-state index contributed by atoms with van der Waals surface area (Å²) in [5.41, 5.74) is 2.21. The summed E-state index contributed by atoms with van der Waals surface area (Å²) in [6.45, 7) is 8.50. The fraction of sp³-hybridized carbons (Fsp3) is 0.450. The van der Waals surface area contributed by atoms with Gasteiger partial charge in [0.15, 0.2) is 10.8 Å². The van der Waals surface area contributed by atoms with Gasteiger partial charge in [-0.25, -0.2) is 4.98 Å². The van der Waals surface area contributed by atoms with Crippen molar-refractivity contribution in [1.29, 1.82) is 0 Å². The van der Waals surface area contributed by atoms with Crippen LogP contribution in [0.4, 0.5) is 5.13 Å². The third-order valence-corrected chi connectivity index (χ3v) is 5.46. The summed E-state index contributed by atoms with van der Waals surface area (Å²) < 4.78 is 8.54. The molecule has 0 saturated heterocycles. The number of thiazole rings is 1. The summed E-state index contributed by atoms with van der Waals surface area (Å²) in [6, 6.07) is 7.71. The molecule has 0 atom stereocenters. The van der Waals surface area contributed by atoms with Crippen LogP contribution in [0.3, 0.4) is 0 Å². The quantitative estimate of drug-likeness (QED) is 0.579. The number of carbonyl (C=O) groups is 1. The van der Waals surface area contributed by atoms with Gasteiger partial charge >= 0.3 is 0 Å². The SMILES string of the molecule is CCOc1cccc2sc(N(CCN(C)C)C(=O)c3cc(C)n(CC)n3)nc12. The molecule has 0 aliphatic carbocycles. The third-order valence-electron chi connectivity index (χ3n) is 4.42. The summed E-state index contributed by atoms with van der Waals surface area (Å²) in [4.78, 5) is 21.8. The van der Waals surface area contributed by atoms with Crippen LogP contribution in [0.1, 0.15) is 30.0 Å². The fourth-order valence-corrected chi connectivity index (χ4v) is 3.96. The topological polar surface area (TPSA) is 63.5 Å². The van der Waals surface area contributed by atoms with E-state index in [0.717, 1.165) is 34.7 Å². The number of hydrogen-bond acceptors (Lipinski definition) is 6. The number of rotatable bonds is 8. The Labute approximate surface area is 169 Å². The Morgan fingerprint density at radius 3 is 2.68 bits per heavy atom. The standard InChI is InChI=1S/C20H27N5O2S/c1-6-25-14(3)13-15(22-25)19(26)24(12-11-23(4)5)20-21-18-16(27-7-2)9-8-10-17(18)28-20/h8-10,13H,6-7,11-12H2,1-5H3. The van der Waals surface area contributed by atoms with E-state index < -0.39 is 0 Å². The van der Waals surface area contributed by atoms with Gasteiger partial charge in [0, 0.05) is 25.3 Å². The van der Waals surface area contributed by atoms with Crippen molar-refractivity contribution >= 4 is 32.6 Å². The summed E-state index contributed by atoms with van der Waals surface area (Å²) in [6.07, 6.45) is 0. The normalized spacial score (nSPS) is 11.4. The van der Waals surface area contributed by atoms with Crippen LogP contribution in [-0.2, 0) is 6.54 Å². The Balaban J connectivity index is 2.00. The molecular weight excluding hydrogens is 374 g/mol. The molecule has 8 heteroatoms. The Morgan fingerprint density at radius 1 is 1.25 bits per heavy atom. The number of fused-ring (bicyclic) bond motifs is 1. The lowest BCUT2D eigenvalue weighted by Crippen LogP contribution is -2.37. The summed E-state index contributed by atoms with van der Waals surface area (Å²) >= 11 is 1.50. The van der Waals surface area contributed by atoms with Gasteiger partial charge in [0.2, 0.25) is 0 Å². The molecule has 0 N–H and O–H groups in total. The van der Waals surface area contributed by atoms with Gasteiger partial charge in [-0.2, -0.15) is 5.10 Å². The predicted octanol–water partition coefficient (Wildman–Crippen LogP) is 3.43. The Kier molecular flexibility index (Phi) is 6.31. The van der Waals surface area contributed by atoms with E-state index in [0.29, 0.717) is 24.0 Å². The molecule has 1 amide bonds. The zero-order valence-electron chi connectivity index (χ0n) is 17.1. The average Bonchev–Trinajstić information content (AvgIpc) is 3.25. The molecule has 2 heterocycles. The van der Waals surface area contributed by atoms with Crippen molar-refractivity contribution < 1.29 is 9.53 Å². The number of amides is 1. The number of aromatic nitrogens is 3. The van der Waals surface area contributed by atoms with E-state index in [9.17, 15) is 4.79 Å². The van der Waals surface area contributed by atoms with Crippen molar-refractivity contribution in [2.45, 2.75) is 27.3 Å². The van der Waals surface area contributed by atoms with Crippen LogP contribution in [0.25, 0.3) is 10.2 Å². The lowest BCUT2D eigenvalue weighted by Gasteiger charge is -2.21. The molecule has 150 valence electrons. The van der Waals surface area contributed by atoms with Crippen molar-refractivity contribution in [3.63, 3.8) is 0 Å². The first-order valence-corrected chi connectivity index (χ1v) is 10.3. The highest BCUT2D eigenvalue weighted by Crippen LogP contribution is 2.34. The number of carbonyl (C=O) groups excluding carboxylic acids is 1. The van der Waals surface area contributed by atoms with Gasteiger partial charge in [-0.1, -0.05) is 17.4 Å². The van der Waals surface area contributed by atoms with Crippen molar-refractivity contribution in [3.05, 3.63) is 35.7 Å². The van der Waals surface area contributed by atoms with Crippen molar-refractivity contribution in [2.24, 2.45) is 0 Å². The third kappa shape index (κ3) is 4.18. The first kappa shape index (κ1) is 20.3. The molecule has 0 radical (unpaired) electrons. The maximum atomic E-state index is 13.3. The van der Waals surface area contributed by atoms with E-state index in [-0.39, 0.29) is 5.91 Å². The van der Waals surface area contributed by atoms with E-state index in [2.05, 4.69) is 10.00 Å². The molecule has 0 unspecified atom stereocenters. The first-order valence-electron chi connectivity index (χ1n) is 9.48.